The molecule has 30 heavy (non-hydrogen) atoms. The summed E-state index contributed by atoms with van der Waals surface area (Å²) in [5, 5.41) is 4.50. The van der Waals surface area contributed by atoms with E-state index in [2.05, 4.69) is 65.3 Å². The van der Waals surface area contributed by atoms with Gasteiger partial charge in [0.25, 0.3) is 5.91 Å². The second-order valence-corrected chi connectivity index (χ2v) is 7.97. The predicted octanol–water partition coefficient (Wildman–Crippen LogP) is 5.78. The van der Waals surface area contributed by atoms with Crippen LogP contribution in [0.25, 0.3) is 22.2 Å². The number of halogens is 1. The van der Waals surface area contributed by atoms with Crippen LogP contribution in [-0.4, -0.2) is 36.0 Å². The minimum Gasteiger partial charge on any atom is -0.339 e. The summed E-state index contributed by atoms with van der Waals surface area (Å²) >= 11 is 6.16. The summed E-state index contributed by atoms with van der Waals surface area (Å²) in [6, 6.07) is 25.7. The van der Waals surface area contributed by atoms with E-state index in [0.717, 1.165) is 29.7 Å². The van der Waals surface area contributed by atoms with Gasteiger partial charge in [-0.15, -0.1) is 0 Å². The van der Waals surface area contributed by atoms with Crippen molar-refractivity contribution in [2.24, 2.45) is 0 Å². The Bertz CT molecular complexity index is 1180. The van der Waals surface area contributed by atoms with Gasteiger partial charge in [-0.25, -0.2) is 0 Å². The van der Waals surface area contributed by atoms with Gasteiger partial charge in [0, 0.05) is 35.4 Å². The van der Waals surface area contributed by atoms with Crippen molar-refractivity contribution in [3.05, 3.63) is 89.4 Å². The summed E-state index contributed by atoms with van der Waals surface area (Å²) < 4.78 is 2.34. The maximum absolute atomic E-state index is 12.6. The minimum atomic E-state index is -0.213. The third kappa shape index (κ3) is 4.25. The number of hydrogen-bond donors (Lipinski definition) is 1. The molecule has 0 fully saturated rings. The number of carbonyl (C=O) groups is 1. The molecule has 0 aliphatic heterocycles. The molecule has 1 amide bonds. The van der Waals surface area contributed by atoms with Crippen molar-refractivity contribution in [1.82, 2.24) is 9.47 Å². The van der Waals surface area contributed by atoms with Gasteiger partial charge >= 0.3 is 0 Å². The number of fused-ring (bicyclic) bond motifs is 1. The van der Waals surface area contributed by atoms with E-state index >= 15 is 0 Å². The zero-order valence-electron chi connectivity index (χ0n) is 17.1. The number of anilines is 1. The Hall–Kier alpha value is -3.08. The van der Waals surface area contributed by atoms with Crippen LogP contribution >= 0.6 is 11.6 Å². The Morgan fingerprint density at radius 3 is 2.43 bits per heavy atom. The first-order valence-corrected chi connectivity index (χ1v) is 10.3. The summed E-state index contributed by atoms with van der Waals surface area (Å²) in [6.45, 7) is 1.82. The van der Waals surface area contributed by atoms with Gasteiger partial charge in [-0.3, -0.25) is 4.79 Å². The molecule has 0 aliphatic rings. The van der Waals surface area contributed by atoms with E-state index in [1.165, 1.54) is 11.3 Å². The predicted molar refractivity (Wildman–Crippen MR) is 125 cm³/mol. The highest BCUT2D eigenvalue weighted by molar-refractivity contribution is 6.34. The quantitative estimate of drug-likeness (QED) is 0.432. The van der Waals surface area contributed by atoms with Gasteiger partial charge < -0.3 is 14.8 Å². The SMILES string of the molecule is CN(C)CCn1c(-c2ccccc2)cc2cc(NC(=O)c3ccccc3Cl)ccc21. The van der Waals surface area contributed by atoms with E-state index in [4.69, 9.17) is 11.6 Å². The fourth-order valence-corrected chi connectivity index (χ4v) is 3.80. The van der Waals surface area contributed by atoms with Crippen LogP contribution in [0.3, 0.4) is 0 Å². The van der Waals surface area contributed by atoms with Crippen LogP contribution in [0.2, 0.25) is 5.02 Å². The lowest BCUT2D eigenvalue weighted by molar-refractivity contribution is 0.102. The molecule has 0 unspecified atom stereocenters. The smallest absolute Gasteiger partial charge is 0.257 e. The van der Waals surface area contributed by atoms with Crippen molar-refractivity contribution >= 4 is 34.1 Å². The summed E-state index contributed by atoms with van der Waals surface area (Å²) in [4.78, 5) is 14.8. The van der Waals surface area contributed by atoms with Gasteiger partial charge in [-0.2, -0.15) is 0 Å². The normalized spacial score (nSPS) is 11.2. The molecule has 0 spiro atoms. The van der Waals surface area contributed by atoms with Gasteiger partial charge in [0.2, 0.25) is 0 Å². The lowest BCUT2D eigenvalue weighted by Gasteiger charge is -2.15. The highest BCUT2D eigenvalue weighted by atomic mass is 35.5. The second-order valence-electron chi connectivity index (χ2n) is 7.56. The number of likely N-dealkylation sites (N-methyl/N-ethyl adjacent to an activating group) is 1. The van der Waals surface area contributed by atoms with Crippen molar-refractivity contribution in [2.75, 3.05) is 26.0 Å². The van der Waals surface area contributed by atoms with Gasteiger partial charge in [0.1, 0.15) is 0 Å². The maximum atomic E-state index is 12.6. The maximum Gasteiger partial charge on any atom is 0.257 e. The standard InChI is InChI=1S/C25H24ClN3O/c1-28(2)14-15-29-23-13-12-20(27-25(30)21-10-6-7-11-22(21)26)16-19(23)17-24(29)18-8-4-3-5-9-18/h3-13,16-17H,14-15H2,1-2H3,(H,27,30). The molecule has 1 N–H and O–H groups in total. The fraction of sp³-hybridized carbons (Fsp3) is 0.160. The average molecular weight is 418 g/mol. The lowest BCUT2D eigenvalue weighted by atomic mass is 10.1. The molecule has 3 aromatic carbocycles. The Balaban J connectivity index is 1.70. The largest absolute Gasteiger partial charge is 0.339 e. The first-order chi connectivity index (χ1) is 14.5. The molecular weight excluding hydrogens is 394 g/mol. The number of nitrogens with zero attached hydrogens (tertiary/aromatic N) is 2. The molecule has 1 heterocycles. The van der Waals surface area contributed by atoms with Crippen LogP contribution in [-0.2, 0) is 6.54 Å². The summed E-state index contributed by atoms with van der Waals surface area (Å²) in [5.41, 5.74) is 4.70. The molecule has 0 atom stereocenters. The Morgan fingerprint density at radius 2 is 1.70 bits per heavy atom. The zero-order valence-corrected chi connectivity index (χ0v) is 17.9. The zero-order chi connectivity index (χ0) is 21.1. The fourth-order valence-electron chi connectivity index (χ4n) is 3.58. The Kier molecular flexibility index (Phi) is 5.88. The number of hydrogen-bond acceptors (Lipinski definition) is 2. The van der Waals surface area contributed by atoms with E-state index in [9.17, 15) is 4.79 Å². The highest BCUT2D eigenvalue weighted by Crippen LogP contribution is 2.30. The third-order valence-electron chi connectivity index (χ3n) is 5.12. The Morgan fingerprint density at radius 1 is 0.967 bits per heavy atom. The van der Waals surface area contributed by atoms with Crippen molar-refractivity contribution in [3.8, 4) is 11.3 Å². The van der Waals surface area contributed by atoms with Crippen LogP contribution in [0.1, 0.15) is 10.4 Å². The molecule has 0 saturated carbocycles. The molecule has 152 valence electrons. The molecule has 5 heteroatoms. The van der Waals surface area contributed by atoms with Crippen LogP contribution in [0.15, 0.2) is 78.9 Å². The van der Waals surface area contributed by atoms with Crippen molar-refractivity contribution in [3.63, 3.8) is 0 Å². The van der Waals surface area contributed by atoms with E-state index in [0.29, 0.717) is 10.6 Å². The van der Waals surface area contributed by atoms with Crippen LogP contribution < -0.4 is 5.32 Å². The monoisotopic (exact) mass is 417 g/mol. The van der Waals surface area contributed by atoms with Crippen LogP contribution in [0.4, 0.5) is 5.69 Å². The number of nitrogens with one attached hydrogen (secondary N) is 1. The highest BCUT2D eigenvalue weighted by Gasteiger charge is 2.14. The van der Waals surface area contributed by atoms with Crippen LogP contribution in [0.5, 0.6) is 0 Å². The number of amides is 1. The lowest BCUT2D eigenvalue weighted by Crippen LogP contribution is -2.18. The van der Waals surface area contributed by atoms with Crippen molar-refractivity contribution in [1.29, 1.82) is 0 Å². The van der Waals surface area contributed by atoms with E-state index < -0.39 is 0 Å². The van der Waals surface area contributed by atoms with Gasteiger partial charge in [0.05, 0.1) is 10.6 Å². The molecule has 4 rings (SSSR count). The molecule has 4 aromatic rings. The summed E-state index contributed by atoms with van der Waals surface area (Å²) in [7, 11) is 4.16. The molecule has 1 aromatic heterocycles. The molecule has 0 saturated heterocycles. The van der Waals surface area contributed by atoms with Crippen LogP contribution in [0, 0.1) is 0 Å². The molecule has 0 radical (unpaired) electrons. The second kappa shape index (κ2) is 8.74. The molecule has 0 aliphatic carbocycles. The van der Waals surface area contributed by atoms with Crippen molar-refractivity contribution < 1.29 is 4.79 Å². The van der Waals surface area contributed by atoms with E-state index in [1.54, 1.807) is 18.2 Å². The van der Waals surface area contributed by atoms with E-state index in [-0.39, 0.29) is 5.91 Å². The molecule has 0 bridgehead atoms. The third-order valence-corrected chi connectivity index (χ3v) is 5.45. The molecule has 4 nitrogen and oxygen atoms in total. The number of rotatable bonds is 6. The minimum absolute atomic E-state index is 0.213. The average Bonchev–Trinajstić information content (AvgIpc) is 3.11. The first-order valence-electron chi connectivity index (χ1n) is 9.92. The summed E-state index contributed by atoms with van der Waals surface area (Å²) in [6.07, 6.45) is 0. The van der Waals surface area contributed by atoms with Crippen molar-refractivity contribution in [2.45, 2.75) is 6.54 Å². The first kappa shape index (κ1) is 20.2. The van der Waals surface area contributed by atoms with Gasteiger partial charge in [-0.1, -0.05) is 54.1 Å². The van der Waals surface area contributed by atoms with E-state index in [1.807, 2.05) is 24.3 Å². The molecular formula is C25H24ClN3O. The van der Waals surface area contributed by atoms with Gasteiger partial charge in [0.15, 0.2) is 0 Å². The summed E-state index contributed by atoms with van der Waals surface area (Å²) in [5.74, 6) is -0.213. The number of benzene rings is 3. The Labute approximate surface area is 181 Å². The number of carbonyl (C=O) groups excluding carboxylic acids is 1. The topological polar surface area (TPSA) is 37.3 Å². The van der Waals surface area contributed by atoms with Gasteiger partial charge in [-0.05, 0) is 56.1 Å². The number of aromatic nitrogens is 1.